The van der Waals surface area contributed by atoms with Gasteiger partial charge in [-0.2, -0.15) is 0 Å². The highest BCUT2D eigenvalue weighted by Gasteiger charge is 2.29. The second kappa shape index (κ2) is 5.82. The summed E-state index contributed by atoms with van der Waals surface area (Å²) >= 11 is 5.08. The molecule has 1 fully saturated rings. The van der Waals surface area contributed by atoms with Gasteiger partial charge >= 0.3 is 0 Å². The molecule has 4 nitrogen and oxygen atoms in total. The average molecular weight is 264 g/mol. The van der Waals surface area contributed by atoms with Crippen molar-refractivity contribution >= 4 is 28.9 Å². The van der Waals surface area contributed by atoms with Gasteiger partial charge in [0.1, 0.15) is 5.75 Å². The highest BCUT2D eigenvalue weighted by atomic mass is 32.1. The number of ether oxygens (including phenoxy) is 1. The van der Waals surface area contributed by atoms with E-state index in [4.69, 9.17) is 17.0 Å². The Bertz CT molecular complexity index is 458. The summed E-state index contributed by atoms with van der Waals surface area (Å²) in [5, 5.41) is 5.99. The number of benzene rings is 1. The summed E-state index contributed by atoms with van der Waals surface area (Å²) in [5.41, 5.74) is 0.807. The molecule has 18 heavy (non-hydrogen) atoms. The number of rotatable bonds is 4. The van der Waals surface area contributed by atoms with Gasteiger partial charge in [0.25, 0.3) is 0 Å². The standard InChI is InChI=1S/C13H16N2O2S/c1-2-17-11-5-3-4-10(8-11)14-13(18)15-12(16)9-6-7-9/h3-5,8-9H,2,6-7H2,1H3,(H2,14,15,16,18). The number of thiocarbonyl (C=S) groups is 1. The van der Waals surface area contributed by atoms with Gasteiger partial charge in [-0.15, -0.1) is 0 Å². The number of hydrogen-bond donors (Lipinski definition) is 2. The van der Waals surface area contributed by atoms with Crippen molar-refractivity contribution < 1.29 is 9.53 Å². The molecule has 2 rings (SSSR count). The van der Waals surface area contributed by atoms with Crippen LogP contribution in [0.4, 0.5) is 5.69 Å². The van der Waals surface area contributed by atoms with Gasteiger partial charge in [-0.05, 0) is 44.1 Å². The summed E-state index contributed by atoms with van der Waals surface area (Å²) in [6.45, 7) is 2.55. The zero-order valence-corrected chi connectivity index (χ0v) is 11.0. The van der Waals surface area contributed by atoms with Crippen molar-refractivity contribution in [3.05, 3.63) is 24.3 Å². The number of hydrogen-bond acceptors (Lipinski definition) is 3. The van der Waals surface area contributed by atoms with Gasteiger partial charge in [-0.1, -0.05) is 6.07 Å². The summed E-state index contributed by atoms with van der Waals surface area (Å²) in [6.07, 6.45) is 1.93. The lowest BCUT2D eigenvalue weighted by Crippen LogP contribution is -2.35. The molecule has 0 radical (unpaired) electrons. The first-order valence-electron chi connectivity index (χ1n) is 6.03. The minimum atomic E-state index is 0.00784. The van der Waals surface area contributed by atoms with Crippen LogP contribution < -0.4 is 15.4 Å². The highest BCUT2D eigenvalue weighted by molar-refractivity contribution is 7.80. The molecule has 0 aliphatic heterocycles. The van der Waals surface area contributed by atoms with Gasteiger partial charge in [0, 0.05) is 17.7 Å². The summed E-state index contributed by atoms with van der Waals surface area (Å²) < 4.78 is 5.39. The van der Waals surface area contributed by atoms with Crippen LogP contribution in [0.5, 0.6) is 5.75 Å². The van der Waals surface area contributed by atoms with E-state index in [0.717, 1.165) is 24.3 Å². The van der Waals surface area contributed by atoms with E-state index in [1.807, 2.05) is 31.2 Å². The quantitative estimate of drug-likeness (QED) is 0.819. The first-order valence-corrected chi connectivity index (χ1v) is 6.44. The van der Waals surface area contributed by atoms with E-state index in [9.17, 15) is 4.79 Å². The molecule has 1 amide bonds. The number of anilines is 1. The Morgan fingerprint density at radius 2 is 2.28 bits per heavy atom. The zero-order valence-electron chi connectivity index (χ0n) is 10.2. The molecule has 1 aromatic rings. The van der Waals surface area contributed by atoms with Crippen LogP contribution in [-0.2, 0) is 4.79 Å². The van der Waals surface area contributed by atoms with Crippen LogP contribution in [0.15, 0.2) is 24.3 Å². The molecule has 0 unspecified atom stereocenters. The topological polar surface area (TPSA) is 50.4 Å². The minimum Gasteiger partial charge on any atom is -0.494 e. The molecule has 0 heterocycles. The summed E-state index contributed by atoms with van der Waals surface area (Å²) in [6, 6.07) is 7.47. The van der Waals surface area contributed by atoms with Crippen LogP contribution in [0.2, 0.25) is 0 Å². The predicted molar refractivity (Wildman–Crippen MR) is 74.7 cm³/mol. The Morgan fingerprint density at radius 3 is 2.94 bits per heavy atom. The molecule has 2 N–H and O–H groups in total. The normalized spacial score (nSPS) is 13.8. The van der Waals surface area contributed by atoms with Gasteiger partial charge in [-0.3, -0.25) is 4.79 Å². The van der Waals surface area contributed by atoms with Crippen molar-refractivity contribution in [3.8, 4) is 5.75 Å². The number of carbonyl (C=O) groups excluding carboxylic acids is 1. The molecule has 0 spiro atoms. The molecule has 1 aromatic carbocycles. The van der Waals surface area contributed by atoms with Crippen molar-refractivity contribution in [2.45, 2.75) is 19.8 Å². The van der Waals surface area contributed by atoms with Crippen molar-refractivity contribution in [2.24, 2.45) is 5.92 Å². The van der Waals surface area contributed by atoms with Gasteiger partial charge in [0.05, 0.1) is 6.61 Å². The van der Waals surface area contributed by atoms with E-state index >= 15 is 0 Å². The average Bonchev–Trinajstić information content (AvgIpc) is 3.13. The van der Waals surface area contributed by atoms with E-state index in [2.05, 4.69) is 10.6 Å². The molecule has 0 atom stereocenters. The molecule has 1 aliphatic rings. The zero-order chi connectivity index (χ0) is 13.0. The van der Waals surface area contributed by atoms with E-state index in [1.165, 1.54) is 0 Å². The third kappa shape index (κ3) is 3.70. The largest absolute Gasteiger partial charge is 0.494 e. The molecular formula is C13H16N2O2S. The Kier molecular flexibility index (Phi) is 4.15. The number of carbonyl (C=O) groups is 1. The van der Waals surface area contributed by atoms with Crippen molar-refractivity contribution in [2.75, 3.05) is 11.9 Å². The van der Waals surface area contributed by atoms with Crippen molar-refractivity contribution in [1.29, 1.82) is 0 Å². The van der Waals surface area contributed by atoms with Crippen LogP contribution in [0.25, 0.3) is 0 Å². The van der Waals surface area contributed by atoms with E-state index in [0.29, 0.717) is 11.7 Å². The first-order chi connectivity index (χ1) is 8.69. The van der Waals surface area contributed by atoms with E-state index in [1.54, 1.807) is 0 Å². The lowest BCUT2D eigenvalue weighted by atomic mass is 10.3. The fourth-order valence-corrected chi connectivity index (χ4v) is 1.77. The molecule has 0 saturated heterocycles. The maximum Gasteiger partial charge on any atom is 0.229 e. The lowest BCUT2D eigenvalue weighted by Gasteiger charge is -2.10. The molecule has 1 aliphatic carbocycles. The van der Waals surface area contributed by atoms with Crippen LogP contribution in [0, 0.1) is 5.92 Å². The van der Waals surface area contributed by atoms with Crippen LogP contribution in [0.1, 0.15) is 19.8 Å². The Labute approximate surface area is 112 Å². The Balaban J connectivity index is 1.89. The first kappa shape index (κ1) is 12.8. The molecule has 96 valence electrons. The molecule has 0 aromatic heterocycles. The third-order valence-corrected chi connectivity index (χ3v) is 2.79. The lowest BCUT2D eigenvalue weighted by molar-refractivity contribution is -0.120. The fraction of sp³-hybridized carbons (Fsp3) is 0.385. The highest BCUT2D eigenvalue weighted by Crippen LogP contribution is 2.28. The predicted octanol–water partition coefficient (Wildman–Crippen LogP) is 2.31. The van der Waals surface area contributed by atoms with Crippen LogP contribution >= 0.6 is 12.2 Å². The fourth-order valence-electron chi connectivity index (χ4n) is 1.55. The Morgan fingerprint density at radius 1 is 1.50 bits per heavy atom. The SMILES string of the molecule is CCOc1cccc(NC(=S)NC(=O)C2CC2)c1. The van der Waals surface area contributed by atoms with Gasteiger partial charge in [0.2, 0.25) is 5.91 Å². The molecule has 1 saturated carbocycles. The van der Waals surface area contributed by atoms with Crippen molar-refractivity contribution in [1.82, 2.24) is 5.32 Å². The van der Waals surface area contributed by atoms with Gasteiger partial charge in [-0.25, -0.2) is 0 Å². The number of nitrogens with one attached hydrogen (secondary N) is 2. The Hall–Kier alpha value is -1.62. The maximum absolute atomic E-state index is 11.5. The van der Waals surface area contributed by atoms with E-state index < -0.39 is 0 Å². The maximum atomic E-state index is 11.5. The summed E-state index contributed by atoms with van der Waals surface area (Å²) in [4.78, 5) is 11.5. The second-order valence-electron chi connectivity index (χ2n) is 4.18. The summed E-state index contributed by atoms with van der Waals surface area (Å²) in [7, 11) is 0. The smallest absolute Gasteiger partial charge is 0.229 e. The molecular weight excluding hydrogens is 248 g/mol. The summed E-state index contributed by atoms with van der Waals surface area (Å²) in [5.74, 6) is 0.937. The number of amides is 1. The van der Waals surface area contributed by atoms with Gasteiger partial charge < -0.3 is 15.4 Å². The van der Waals surface area contributed by atoms with Crippen molar-refractivity contribution in [3.63, 3.8) is 0 Å². The minimum absolute atomic E-state index is 0.00784. The monoisotopic (exact) mass is 264 g/mol. The van der Waals surface area contributed by atoms with Crippen LogP contribution in [-0.4, -0.2) is 17.6 Å². The molecule has 5 heteroatoms. The molecule has 0 bridgehead atoms. The van der Waals surface area contributed by atoms with E-state index in [-0.39, 0.29) is 11.8 Å². The third-order valence-electron chi connectivity index (χ3n) is 2.59. The van der Waals surface area contributed by atoms with Crippen LogP contribution in [0.3, 0.4) is 0 Å². The second-order valence-corrected chi connectivity index (χ2v) is 4.59. The van der Waals surface area contributed by atoms with Gasteiger partial charge in [0.15, 0.2) is 5.11 Å².